The molecule has 0 aliphatic rings. The van der Waals surface area contributed by atoms with Gasteiger partial charge in [0.1, 0.15) is 0 Å². The van der Waals surface area contributed by atoms with E-state index in [1.807, 2.05) is 58.9 Å². The Hall–Kier alpha value is -2.60. The molecular weight excluding hydrogens is 364 g/mol. The number of carbonyl (C=O) groups excluding carboxylic acids is 1. The van der Waals surface area contributed by atoms with Gasteiger partial charge in [-0.2, -0.15) is 10.1 Å². The van der Waals surface area contributed by atoms with E-state index >= 15 is 0 Å². The first kappa shape index (κ1) is 19.2. The minimum absolute atomic E-state index is 0.0631. The summed E-state index contributed by atoms with van der Waals surface area (Å²) in [5, 5.41) is 9.09. The van der Waals surface area contributed by atoms with Crippen molar-refractivity contribution >= 4 is 28.5 Å². The Bertz CT molecular complexity index is 1010. The molecule has 0 saturated heterocycles. The van der Waals surface area contributed by atoms with Crippen LogP contribution in [0.1, 0.15) is 30.7 Å². The van der Waals surface area contributed by atoms with Crippen LogP contribution in [0.2, 0.25) is 5.02 Å². The van der Waals surface area contributed by atoms with Crippen LogP contribution in [0.25, 0.3) is 16.7 Å². The van der Waals surface area contributed by atoms with E-state index in [1.54, 1.807) is 4.68 Å². The normalized spacial score (nSPS) is 11.2. The van der Waals surface area contributed by atoms with Crippen molar-refractivity contribution in [3.05, 3.63) is 46.1 Å². The van der Waals surface area contributed by atoms with E-state index in [0.29, 0.717) is 16.5 Å². The number of carbonyl (C=O) groups is 1. The maximum absolute atomic E-state index is 11.9. The highest BCUT2D eigenvalue weighted by Gasteiger charge is 2.17. The van der Waals surface area contributed by atoms with Crippen molar-refractivity contribution in [1.82, 2.24) is 20.1 Å². The summed E-state index contributed by atoms with van der Waals surface area (Å²) in [7, 11) is 0. The number of halogens is 1. The average molecular weight is 387 g/mol. The van der Waals surface area contributed by atoms with Crippen molar-refractivity contribution in [3.8, 4) is 11.6 Å². The average Bonchev–Trinajstić information content (AvgIpc) is 2.92. The summed E-state index contributed by atoms with van der Waals surface area (Å²) in [5.41, 5.74) is 4.33. The van der Waals surface area contributed by atoms with Crippen LogP contribution in [0.4, 0.5) is 0 Å². The zero-order valence-corrected chi connectivity index (χ0v) is 16.9. The maximum atomic E-state index is 11.9. The minimum atomic E-state index is -0.181. The van der Waals surface area contributed by atoms with Crippen molar-refractivity contribution < 1.29 is 9.53 Å². The zero-order chi connectivity index (χ0) is 19.7. The molecule has 7 heteroatoms. The number of ether oxygens (including phenoxy) is 1. The van der Waals surface area contributed by atoms with Gasteiger partial charge in [0.05, 0.1) is 11.4 Å². The number of nitrogens with zero attached hydrogens (tertiary/aromatic N) is 3. The Balaban J connectivity index is 2.03. The van der Waals surface area contributed by atoms with Gasteiger partial charge in [0, 0.05) is 22.5 Å². The second-order valence-corrected chi connectivity index (χ2v) is 7.28. The standard InChI is InChI=1S/C20H23ClN4O2/c1-11(2)22-17(26)10-27-18-9-12(3)19-14(5)24-25(20(19)23-18)16-8-6-7-15(21)13(16)4/h6-9,11H,10H2,1-5H3,(H,22,26). The van der Waals surface area contributed by atoms with E-state index in [4.69, 9.17) is 16.3 Å². The fourth-order valence-electron chi connectivity index (χ4n) is 3.04. The highest BCUT2D eigenvalue weighted by molar-refractivity contribution is 6.31. The predicted octanol–water partition coefficient (Wildman–Crippen LogP) is 3.90. The first-order valence-corrected chi connectivity index (χ1v) is 9.20. The lowest BCUT2D eigenvalue weighted by molar-refractivity contribution is -0.123. The van der Waals surface area contributed by atoms with Crippen LogP contribution in [-0.4, -0.2) is 33.3 Å². The monoisotopic (exact) mass is 386 g/mol. The fourth-order valence-corrected chi connectivity index (χ4v) is 3.21. The molecule has 0 aliphatic heterocycles. The molecule has 1 aromatic carbocycles. The third-order valence-corrected chi connectivity index (χ3v) is 4.66. The molecular formula is C20H23ClN4O2. The number of amides is 1. The molecule has 0 spiro atoms. The molecule has 3 aromatic rings. The quantitative estimate of drug-likeness (QED) is 0.722. The molecule has 6 nitrogen and oxygen atoms in total. The lowest BCUT2D eigenvalue weighted by atomic mass is 10.1. The van der Waals surface area contributed by atoms with E-state index in [9.17, 15) is 4.79 Å². The molecule has 0 saturated carbocycles. The molecule has 1 amide bonds. The third kappa shape index (κ3) is 3.90. The number of fused-ring (bicyclic) bond motifs is 1. The molecule has 142 valence electrons. The van der Waals surface area contributed by atoms with Gasteiger partial charge in [-0.1, -0.05) is 17.7 Å². The second kappa shape index (κ2) is 7.56. The van der Waals surface area contributed by atoms with Crippen LogP contribution in [-0.2, 0) is 4.79 Å². The van der Waals surface area contributed by atoms with Crippen LogP contribution in [0.5, 0.6) is 5.88 Å². The lowest BCUT2D eigenvalue weighted by Gasteiger charge is -2.11. The van der Waals surface area contributed by atoms with E-state index < -0.39 is 0 Å². The third-order valence-electron chi connectivity index (χ3n) is 4.25. The number of hydrogen-bond acceptors (Lipinski definition) is 4. The number of benzene rings is 1. The van der Waals surface area contributed by atoms with Crippen molar-refractivity contribution in [2.45, 2.75) is 40.7 Å². The van der Waals surface area contributed by atoms with Gasteiger partial charge in [0.2, 0.25) is 5.88 Å². The summed E-state index contributed by atoms with van der Waals surface area (Å²) in [6, 6.07) is 7.58. The summed E-state index contributed by atoms with van der Waals surface area (Å²) >= 11 is 6.28. The van der Waals surface area contributed by atoms with Crippen molar-refractivity contribution in [1.29, 1.82) is 0 Å². The lowest BCUT2D eigenvalue weighted by Crippen LogP contribution is -2.34. The van der Waals surface area contributed by atoms with Gasteiger partial charge in [-0.25, -0.2) is 4.68 Å². The predicted molar refractivity (Wildman–Crippen MR) is 107 cm³/mol. The largest absolute Gasteiger partial charge is 0.468 e. The highest BCUT2D eigenvalue weighted by Crippen LogP contribution is 2.29. The van der Waals surface area contributed by atoms with E-state index in [1.165, 1.54) is 0 Å². The Kier molecular flexibility index (Phi) is 5.37. The van der Waals surface area contributed by atoms with Gasteiger partial charge in [-0.15, -0.1) is 0 Å². The Morgan fingerprint density at radius 3 is 2.74 bits per heavy atom. The van der Waals surface area contributed by atoms with Crippen molar-refractivity contribution in [2.24, 2.45) is 0 Å². The topological polar surface area (TPSA) is 69.0 Å². The molecule has 0 unspecified atom stereocenters. The molecule has 3 rings (SSSR count). The molecule has 0 aliphatic carbocycles. The van der Waals surface area contributed by atoms with Gasteiger partial charge in [-0.05, 0) is 57.9 Å². The molecule has 0 radical (unpaired) electrons. The summed E-state index contributed by atoms with van der Waals surface area (Å²) < 4.78 is 7.40. The van der Waals surface area contributed by atoms with E-state index in [-0.39, 0.29) is 18.6 Å². The molecule has 1 N–H and O–H groups in total. The molecule has 2 heterocycles. The molecule has 2 aromatic heterocycles. The maximum Gasteiger partial charge on any atom is 0.258 e. The van der Waals surface area contributed by atoms with Gasteiger partial charge in [-0.3, -0.25) is 4.79 Å². The Labute approximate surface area is 163 Å². The number of aryl methyl sites for hydroxylation is 2. The zero-order valence-electron chi connectivity index (χ0n) is 16.1. The fraction of sp³-hybridized carbons (Fsp3) is 0.350. The summed E-state index contributed by atoms with van der Waals surface area (Å²) in [5.74, 6) is 0.208. The van der Waals surface area contributed by atoms with Crippen LogP contribution < -0.4 is 10.1 Å². The van der Waals surface area contributed by atoms with Crippen molar-refractivity contribution in [2.75, 3.05) is 6.61 Å². The van der Waals surface area contributed by atoms with E-state index in [2.05, 4.69) is 15.4 Å². The molecule has 27 heavy (non-hydrogen) atoms. The highest BCUT2D eigenvalue weighted by atomic mass is 35.5. The summed E-state index contributed by atoms with van der Waals surface area (Å²) in [6.07, 6.45) is 0. The first-order valence-electron chi connectivity index (χ1n) is 8.82. The second-order valence-electron chi connectivity index (χ2n) is 6.87. The number of aromatic nitrogens is 3. The molecule has 0 atom stereocenters. The molecule has 0 fully saturated rings. The SMILES string of the molecule is Cc1c(Cl)cccc1-n1nc(C)c2c(C)cc(OCC(=O)NC(C)C)nc21. The number of rotatable bonds is 5. The van der Waals surface area contributed by atoms with E-state index in [0.717, 1.165) is 27.9 Å². The van der Waals surface area contributed by atoms with Crippen LogP contribution in [0.3, 0.4) is 0 Å². The van der Waals surface area contributed by atoms with Gasteiger partial charge < -0.3 is 10.1 Å². The number of hydrogen-bond donors (Lipinski definition) is 1. The number of nitrogens with one attached hydrogen (secondary N) is 1. The summed E-state index contributed by atoms with van der Waals surface area (Å²) in [4.78, 5) is 16.5. The van der Waals surface area contributed by atoms with Gasteiger partial charge >= 0.3 is 0 Å². The van der Waals surface area contributed by atoms with Gasteiger partial charge in [0.25, 0.3) is 5.91 Å². The smallest absolute Gasteiger partial charge is 0.258 e. The van der Waals surface area contributed by atoms with Gasteiger partial charge in [0.15, 0.2) is 12.3 Å². The molecule has 0 bridgehead atoms. The first-order chi connectivity index (χ1) is 12.8. The summed E-state index contributed by atoms with van der Waals surface area (Å²) in [6.45, 7) is 9.60. The van der Waals surface area contributed by atoms with Crippen LogP contribution in [0, 0.1) is 20.8 Å². The Morgan fingerprint density at radius 2 is 2.04 bits per heavy atom. The number of pyridine rings is 1. The van der Waals surface area contributed by atoms with Crippen LogP contribution >= 0.6 is 11.6 Å². The minimum Gasteiger partial charge on any atom is -0.468 e. The Morgan fingerprint density at radius 1 is 1.30 bits per heavy atom. The van der Waals surface area contributed by atoms with Crippen LogP contribution in [0.15, 0.2) is 24.3 Å². The van der Waals surface area contributed by atoms with Crippen molar-refractivity contribution in [3.63, 3.8) is 0 Å².